The summed E-state index contributed by atoms with van der Waals surface area (Å²) in [5.41, 5.74) is 0.782. The highest BCUT2D eigenvalue weighted by Gasteiger charge is 2.26. The fourth-order valence-corrected chi connectivity index (χ4v) is 4.91. The first-order valence-corrected chi connectivity index (χ1v) is 8.73. The zero-order valence-electron chi connectivity index (χ0n) is 12.1. The van der Waals surface area contributed by atoms with Crippen LogP contribution in [0.4, 0.5) is 0 Å². The zero-order valence-corrected chi connectivity index (χ0v) is 13.7. The molecule has 1 aliphatic rings. The summed E-state index contributed by atoms with van der Waals surface area (Å²) in [6, 6.07) is 9.68. The molecule has 1 aromatic rings. The molecule has 2 rings (SSSR count). The Morgan fingerprint density at radius 2 is 2.05 bits per heavy atom. The molecule has 0 aromatic heterocycles. The summed E-state index contributed by atoms with van der Waals surface area (Å²) in [4.78, 5) is 12.2. The lowest BCUT2D eigenvalue weighted by Crippen LogP contribution is -2.48. The van der Waals surface area contributed by atoms with Crippen LogP contribution in [-0.4, -0.2) is 36.7 Å². The van der Waals surface area contributed by atoms with Crippen LogP contribution in [0.1, 0.15) is 27.4 Å². The summed E-state index contributed by atoms with van der Waals surface area (Å²) in [5.74, 6) is 2.10. The predicted octanol–water partition coefficient (Wildman–Crippen LogP) is 2.82. The van der Waals surface area contributed by atoms with E-state index in [2.05, 4.69) is 11.4 Å². The third-order valence-corrected chi connectivity index (χ3v) is 6.24. The summed E-state index contributed by atoms with van der Waals surface area (Å²) in [7, 11) is 1.51. The van der Waals surface area contributed by atoms with Gasteiger partial charge in [0.05, 0.1) is 17.3 Å². The molecule has 112 valence electrons. The second-order valence-electron chi connectivity index (χ2n) is 5.03. The quantitative estimate of drug-likeness (QED) is 0.903. The molecule has 1 atom stereocenters. The van der Waals surface area contributed by atoms with E-state index in [-0.39, 0.29) is 12.5 Å². The van der Waals surface area contributed by atoms with Crippen LogP contribution in [0.2, 0.25) is 0 Å². The molecule has 0 saturated carbocycles. The maximum absolute atomic E-state index is 12.2. The number of benzene rings is 1. The van der Waals surface area contributed by atoms with Crippen LogP contribution >= 0.6 is 23.5 Å². The number of hydrogen-bond acceptors (Lipinski definition) is 5. The van der Waals surface area contributed by atoms with E-state index in [1.54, 1.807) is 6.92 Å². The lowest BCUT2D eigenvalue weighted by Gasteiger charge is -2.22. The van der Waals surface area contributed by atoms with E-state index in [0.717, 1.165) is 0 Å². The summed E-state index contributed by atoms with van der Waals surface area (Å²) in [5, 5.41) is 11.9. The van der Waals surface area contributed by atoms with Crippen LogP contribution in [-0.2, 0) is 4.74 Å². The predicted molar refractivity (Wildman–Crippen MR) is 87.5 cm³/mol. The minimum atomic E-state index is -1.01. The summed E-state index contributed by atoms with van der Waals surface area (Å²) >= 11 is 3.87. The van der Waals surface area contributed by atoms with Crippen molar-refractivity contribution in [3.8, 4) is 6.07 Å². The van der Waals surface area contributed by atoms with Crippen molar-refractivity contribution in [3.05, 3.63) is 35.4 Å². The Balaban J connectivity index is 2.04. The number of methoxy groups -OCH3 is 1. The van der Waals surface area contributed by atoms with Crippen LogP contribution in [0.25, 0.3) is 0 Å². The van der Waals surface area contributed by atoms with Gasteiger partial charge in [-0.15, -0.1) is 23.5 Å². The molecular weight excluding hydrogens is 304 g/mol. The van der Waals surface area contributed by atoms with Crippen LogP contribution in [0.15, 0.2) is 24.3 Å². The maximum Gasteiger partial charge on any atom is 0.252 e. The third kappa shape index (κ3) is 4.16. The van der Waals surface area contributed by atoms with E-state index in [0.29, 0.717) is 10.1 Å². The summed E-state index contributed by atoms with van der Waals surface area (Å²) < 4.78 is 5.45. The van der Waals surface area contributed by atoms with Gasteiger partial charge in [-0.05, 0) is 24.6 Å². The van der Waals surface area contributed by atoms with Gasteiger partial charge in [0, 0.05) is 24.2 Å². The largest absolute Gasteiger partial charge is 0.381 e. The Morgan fingerprint density at radius 1 is 1.43 bits per heavy atom. The van der Waals surface area contributed by atoms with Crippen molar-refractivity contribution in [2.75, 3.05) is 25.2 Å². The van der Waals surface area contributed by atoms with Crippen molar-refractivity contribution in [1.82, 2.24) is 5.32 Å². The second kappa shape index (κ2) is 7.21. The highest BCUT2D eigenvalue weighted by molar-refractivity contribution is 8.19. The Kier molecular flexibility index (Phi) is 5.57. The first-order chi connectivity index (χ1) is 10.1. The van der Waals surface area contributed by atoms with Gasteiger partial charge in [0.1, 0.15) is 5.54 Å². The van der Waals surface area contributed by atoms with E-state index < -0.39 is 5.54 Å². The minimum absolute atomic E-state index is 0.155. The molecule has 1 heterocycles. The zero-order chi connectivity index (χ0) is 15.3. The number of amides is 1. The molecule has 21 heavy (non-hydrogen) atoms. The molecule has 0 unspecified atom stereocenters. The topological polar surface area (TPSA) is 62.1 Å². The van der Waals surface area contributed by atoms with Crippen LogP contribution in [0.5, 0.6) is 0 Å². The highest BCUT2D eigenvalue weighted by atomic mass is 32.2. The second-order valence-corrected chi connectivity index (χ2v) is 7.75. The Morgan fingerprint density at radius 3 is 2.57 bits per heavy atom. The van der Waals surface area contributed by atoms with Gasteiger partial charge in [-0.25, -0.2) is 0 Å². The number of hydrogen-bond donors (Lipinski definition) is 1. The number of nitrogens with one attached hydrogen (secondary N) is 1. The number of nitrogens with zero attached hydrogens (tertiary/aromatic N) is 1. The van der Waals surface area contributed by atoms with Gasteiger partial charge < -0.3 is 10.1 Å². The fraction of sp³-hybridized carbons (Fsp3) is 0.467. The molecule has 1 amide bonds. The third-order valence-electron chi connectivity index (χ3n) is 3.14. The van der Waals surface area contributed by atoms with Gasteiger partial charge in [-0.1, -0.05) is 12.1 Å². The van der Waals surface area contributed by atoms with Crippen molar-refractivity contribution >= 4 is 29.4 Å². The number of carbonyl (C=O) groups excluding carboxylic acids is 1. The molecule has 1 aromatic carbocycles. The Bertz CT molecular complexity index is 536. The number of ether oxygens (including phenoxy) is 1. The monoisotopic (exact) mass is 322 g/mol. The van der Waals surface area contributed by atoms with Gasteiger partial charge in [0.2, 0.25) is 0 Å². The fourth-order valence-electron chi connectivity index (χ4n) is 2.05. The van der Waals surface area contributed by atoms with Gasteiger partial charge >= 0.3 is 0 Å². The first kappa shape index (κ1) is 16.2. The van der Waals surface area contributed by atoms with E-state index in [9.17, 15) is 4.79 Å². The molecule has 0 radical (unpaired) electrons. The van der Waals surface area contributed by atoms with Crippen LogP contribution in [0.3, 0.4) is 0 Å². The highest BCUT2D eigenvalue weighted by Crippen LogP contribution is 2.45. The first-order valence-electron chi connectivity index (χ1n) is 6.64. The number of thioether (sulfide) groups is 2. The Labute approximate surface area is 133 Å². The normalized spacial score (nSPS) is 18.0. The van der Waals surface area contributed by atoms with Crippen LogP contribution in [0, 0.1) is 11.3 Å². The Hall–Kier alpha value is -1.16. The van der Waals surface area contributed by atoms with Crippen molar-refractivity contribution < 1.29 is 9.53 Å². The summed E-state index contributed by atoms with van der Waals surface area (Å²) in [6.07, 6.45) is 0. The van der Waals surface area contributed by atoms with E-state index in [1.807, 2.05) is 47.8 Å². The van der Waals surface area contributed by atoms with Gasteiger partial charge in [0.25, 0.3) is 5.91 Å². The summed E-state index contributed by atoms with van der Waals surface area (Å²) in [6.45, 7) is 1.80. The molecule has 1 saturated heterocycles. The number of rotatable bonds is 5. The molecule has 1 fully saturated rings. The van der Waals surface area contributed by atoms with Gasteiger partial charge in [-0.2, -0.15) is 5.26 Å². The standard InChI is InChI=1S/C15H18N2O2S2/c1-15(9-16,10-19-2)17-13(18)11-3-5-12(6-4-11)14-20-7-8-21-14/h3-6,14H,7-8,10H2,1-2H3,(H,17,18)/t15-/m1/s1. The number of carbonyl (C=O) groups is 1. The lowest BCUT2D eigenvalue weighted by atomic mass is 10.0. The van der Waals surface area contributed by atoms with Crippen molar-refractivity contribution in [2.24, 2.45) is 0 Å². The molecule has 0 bridgehead atoms. The average molecular weight is 322 g/mol. The molecule has 1 aliphatic heterocycles. The van der Waals surface area contributed by atoms with Crippen molar-refractivity contribution in [1.29, 1.82) is 5.26 Å². The molecule has 0 aliphatic carbocycles. The van der Waals surface area contributed by atoms with Crippen LogP contribution < -0.4 is 5.32 Å². The van der Waals surface area contributed by atoms with E-state index in [1.165, 1.54) is 24.2 Å². The van der Waals surface area contributed by atoms with Gasteiger partial charge in [-0.3, -0.25) is 4.79 Å². The van der Waals surface area contributed by atoms with Crippen molar-refractivity contribution in [3.63, 3.8) is 0 Å². The molecule has 6 heteroatoms. The molecular formula is C15H18N2O2S2. The molecule has 0 spiro atoms. The molecule has 1 N–H and O–H groups in total. The number of nitriles is 1. The van der Waals surface area contributed by atoms with E-state index >= 15 is 0 Å². The lowest BCUT2D eigenvalue weighted by molar-refractivity contribution is 0.0860. The van der Waals surface area contributed by atoms with Crippen molar-refractivity contribution in [2.45, 2.75) is 17.0 Å². The smallest absolute Gasteiger partial charge is 0.252 e. The van der Waals surface area contributed by atoms with Gasteiger partial charge in [0.15, 0.2) is 0 Å². The SMILES string of the molecule is COC[C@@](C)(C#N)NC(=O)c1ccc(C2SCCS2)cc1. The minimum Gasteiger partial charge on any atom is -0.381 e. The average Bonchev–Trinajstić information content (AvgIpc) is 3.02. The maximum atomic E-state index is 12.2. The molecule has 4 nitrogen and oxygen atoms in total. The van der Waals surface area contributed by atoms with E-state index in [4.69, 9.17) is 10.00 Å².